The van der Waals surface area contributed by atoms with Gasteiger partial charge >= 0.3 is 40.0 Å². The van der Waals surface area contributed by atoms with Gasteiger partial charge in [0, 0.05) is 16.7 Å². The topological polar surface area (TPSA) is 169 Å². The van der Waals surface area contributed by atoms with Crippen LogP contribution in [0.2, 0.25) is 0 Å². The Morgan fingerprint density at radius 1 is 1.22 bits per heavy atom. The first-order valence-corrected chi connectivity index (χ1v) is 11.8. The molecule has 7 atom stereocenters. The maximum absolute atomic E-state index is 12.4. The van der Waals surface area contributed by atoms with Gasteiger partial charge in [0.25, 0.3) is 0 Å². The fourth-order valence-corrected chi connectivity index (χ4v) is 6.92. The van der Waals surface area contributed by atoms with E-state index in [4.69, 9.17) is 17.5 Å². The number of carbonyl (C=O) groups excluding carboxylic acids is 2. The van der Waals surface area contributed by atoms with Gasteiger partial charge in [0.1, 0.15) is 12.2 Å². The molecule has 3 fully saturated rings. The summed E-state index contributed by atoms with van der Waals surface area (Å²) in [6.45, 7) is 3.34. The van der Waals surface area contributed by atoms with Crippen LogP contribution >= 0.6 is 0 Å². The van der Waals surface area contributed by atoms with Crippen LogP contribution in [0.3, 0.4) is 0 Å². The van der Waals surface area contributed by atoms with Crippen molar-refractivity contribution in [2.45, 2.75) is 57.7 Å². The molecule has 4 aliphatic rings. The van der Waals surface area contributed by atoms with Crippen molar-refractivity contribution in [2.24, 2.45) is 28.6 Å². The zero-order valence-electron chi connectivity index (χ0n) is 17.6. The van der Waals surface area contributed by atoms with Crippen molar-refractivity contribution < 1.29 is 42.4 Å². The van der Waals surface area contributed by atoms with Crippen LogP contribution in [0.25, 0.3) is 0 Å². The molecular formula is C21H31NaO9S. The number of Topliss-reactive ketones (excluding diaryl/α,β-unsaturated/α-hetero) is 1. The molecule has 176 valence electrons. The molecule has 9 nitrogen and oxygen atoms in total. The quantitative estimate of drug-likeness (QED) is 0.274. The molecule has 0 aliphatic heterocycles. The predicted octanol–water partition coefficient (Wildman–Crippen LogP) is 0.256. The van der Waals surface area contributed by atoms with Crippen molar-refractivity contribution in [1.29, 1.82) is 0 Å². The average molecular weight is 483 g/mol. The van der Waals surface area contributed by atoms with E-state index in [0.717, 1.165) is 24.8 Å². The van der Waals surface area contributed by atoms with Crippen molar-refractivity contribution in [3.63, 3.8) is 0 Å². The summed E-state index contributed by atoms with van der Waals surface area (Å²) in [5, 5.41) is 31.7. The van der Waals surface area contributed by atoms with Crippen LogP contribution in [0.5, 0.6) is 0 Å². The summed E-state index contributed by atoms with van der Waals surface area (Å²) in [5.41, 5.74) is -1.54. The third-order valence-corrected chi connectivity index (χ3v) is 8.25. The van der Waals surface area contributed by atoms with Gasteiger partial charge in [0.05, 0.1) is 6.10 Å². The molecule has 0 saturated heterocycles. The van der Waals surface area contributed by atoms with E-state index in [9.17, 15) is 24.9 Å². The third-order valence-electron chi connectivity index (χ3n) is 8.25. The first-order valence-electron chi connectivity index (χ1n) is 10.4. The number of hydrogen-bond acceptors (Lipinski definition) is 7. The molecule has 4 aliphatic carbocycles. The van der Waals surface area contributed by atoms with E-state index >= 15 is 0 Å². The Bertz CT molecular complexity index is 937. The second-order valence-corrected chi connectivity index (χ2v) is 10.5. The molecule has 0 aromatic heterocycles. The Morgan fingerprint density at radius 2 is 1.81 bits per heavy atom. The summed E-state index contributed by atoms with van der Waals surface area (Å²) in [6.07, 6.45) is 7.68. The standard InChI is InChI=1S/C21H28O5.Na.H2O4S.H/c1-19-7-5-13(23)9-12(19)3-4-14-15-6-8-21(26,17(25)11-22)20(15,2)10-16(24)18(14)19;;1-5(2,3)4;/h5,7,9,14-16,18,22,24,26H,3-4,6,8,10-11H2,1-2H3;;(H2,1,2,3,4);/t14-,15-,16-,18+,19-,20-,21-;;;/m0.../s1. The molecule has 4 rings (SSSR count). The van der Waals surface area contributed by atoms with Crippen molar-refractivity contribution >= 4 is 51.5 Å². The van der Waals surface area contributed by atoms with Crippen LogP contribution in [0.15, 0.2) is 23.8 Å². The van der Waals surface area contributed by atoms with E-state index < -0.39 is 39.9 Å². The van der Waals surface area contributed by atoms with Crippen molar-refractivity contribution in [1.82, 2.24) is 0 Å². The maximum atomic E-state index is 12.4. The summed E-state index contributed by atoms with van der Waals surface area (Å²) in [6, 6.07) is 0. The molecule has 0 spiro atoms. The number of hydrogen-bond donors (Lipinski definition) is 5. The van der Waals surface area contributed by atoms with E-state index in [2.05, 4.69) is 6.92 Å². The number of fused-ring (bicyclic) bond motifs is 5. The first-order chi connectivity index (χ1) is 14.2. The number of aliphatic hydroxyl groups excluding tert-OH is 2. The van der Waals surface area contributed by atoms with Crippen LogP contribution in [-0.4, -0.2) is 92.3 Å². The minimum absolute atomic E-state index is 0. The molecule has 0 bridgehead atoms. The monoisotopic (exact) mass is 482 g/mol. The Kier molecular flexibility index (Phi) is 8.10. The Morgan fingerprint density at radius 3 is 2.38 bits per heavy atom. The van der Waals surface area contributed by atoms with Crippen molar-refractivity contribution in [3.8, 4) is 0 Å². The Balaban J connectivity index is 0.000000548. The number of allylic oxidation sites excluding steroid dienone is 4. The fraction of sp³-hybridized carbons (Fsp3) is 0.714. The molecule has 3 saturated carbocycles. The molecule has 0 radical (unpaired) electrons. The first kappa shape index (κ1) is 27.8. The molecule has 0 amide bonds. The fourth-order valence-electron chi connectivity index (χ4n) is 6.92. The van der Waals surface area contributed by atoms with Gasteiger partial charge in [-0.15, -0.1) is 0 Å². The molecule has 11 heteroatoms. The summed E-state index contributed by atoms with van der Waals surface area (Å²) in [4.78, 5) is 24.2. The summed E-state index contributed by atoms with van der Waals surface area (Å²) < 4.78 is 31.6. The Labute approximate surface area is 209 Å². The summed E-state index contributed by atoms with van der Waals surface area (Å²) in [7, 11) is -4.67. The number of ketones is 2. The van der Waals surface area contributed by atoms with Crippen LogP contribution in [-0.2, 0) is 20.0 Å². The van der Waals surface area contributed by atoms with Crippen molar-refractivity contribution in [2.75, 3.05) is 6.61 Å². The second kappa shape index (κ2) is 9.31. The molecule has 0 heterocycles. The van der Waals surface area contributed by atoms with Crippen LogP contribution in [0.4, 0.5) is 0 Å². The molecule has 0 unspecified atom stereocenters. The SMILES string of the molecule is C[C@]12C=CC(=O)C=C1CC[C@@H]1[C@@H]2[C@@H](O)C[C@@]2(C)[C@H]1CC[C@]2(O)C(=O)CO.O=S(=O)(O)O.[NaH]. The van der Waals surface area contributed by atoms with Gasteiger partial charge in [-0.2, -0.15) is 8.42 Å². The average Bonchev–Trinajstić information content (AvgIpc) is 2.91. The molecule has 32 heavy (non-hydrogen) atoms. The summed E-state index contributed by atoms with van der Waals surface area (Å²) >= 11 is 0. The van der Waals surface area contributed by atoms with Gasteiger partial charge in [-0.1, -0.05) is 25.5 Å². The number of carbonyl (C=O) groups is 2. The zero-order chi connectivity index (χ0) is 23.4. The van der Waals surface area contributed by atoms with Crippen LogP contribution in [0, 0.1) is 28.6 Å². The minimum atomic E-state index is -4.67. The van der Waals surface area contributed by atoms with Gasteiger partial charge in [-0.3, -0.25) is 18.7 Å². The predicted molar refractivity (Wildman–Crippen MR) is 116 cm³/mol. The Hall–Kier alpha value is -0.430. The summed E-state index contributed by atoms with van der Waals surface area (Å²) in [5.74, 6) is -0.227. The number of rotatable bonds is 2. The van der Waals surface area contributed by atoms with E-state index in [1.807, 2.05) is 13.0 Å². The second-order valence-electron chi connectivity index (χ2n) is 9.64. The van der Waals surface area contributed by atoms with Crippen LogP contribution in [0.1, 0.15) is 46.0 Å². The molecular weight excluding hydrogens is 451 g/mol. The van der Waals surface area contributed by atoms with Crippen molar-refractivity contribution in [3.05, 3.63) is 23.8 Å². The number of aliphatic hydroxyl groups is 3. The van der Waals surface area contributed by atoms with Gasteiger partial charge in [-0.25, -0.2) is 0 Å². The molecule has 0 aromatic rings. The molecule has 0 aromatic carbocycles. The zero-order valence-corrected chi connectivity index (χ0v) is 18.4. The van der Waals surface area contributed by atoms with E-state index in [1.54, 1.807) is 12.2 Å². The van der Waals surface area contributed by atoms with Gasteiger partial charge in [0.2, 0.25) is 0 Å². The third kappa shape index (κ3) is 4.58. The van der Waals surface area contributed by atoms with E-state index in [0.29, 0.717) is 12.8 Å². The van der Waals surface area contributed by atoms with Gasteiger partial charge in [0.15, 0.2) is 11.6 Å². The molecule has 5 N–H and O–H groups in total. The van der Waals surface area contributed by atoms with Gasteiger partial charge in [-0.05, 0) is 56.1 Å². The van der Waals surface area contributed by atoms with E-state index in [-0.39, 0.29) is 58.5 Å². The van der Waals surface area contributed by atoms with E-state index in [1.165, 1.54) is 0 Å². The van der Waals surface area contributed by atoms with Gasteiger partial charge < -0.3 is 15.3 Å². The van der Waals surface area contributed by atoms with Crippen LogP contribution < -0.4 is 0 Å². The normalized spacial score (nSPS) is 42.3.